The molecule has 0 aromatic heterocycles. The van der Waals surface area contributed by atoms with Gasteiger partial charge < -0.3 is 5.32 Å². The molecule has 0 bridgehead atoms. The summed E-state index contributed by atoms with van der Waals surface area (Å²) in [6.45, 7) is 7.45. The lowest BCUT2D eigenvalue weighted by molar-refractivity contribution is 0.248. The highest BCUT2D eigenvalue weighted by atomic mass is 32.2. The van der Waals surface area contributed by atoms with E-state index in [9.17, 15) is 0 Å². The molecule has 0 heterocycles. The minimum atomic E-state index is 0.674. The minimum Gasteiger partial charge on any atom is -0.313 e. The lowest BCUT2D eigenvalue weighted by atomic mass is 10.1. The van der Waals surface area contributed by atoms with Gasteiger partial charge in [-0.3, -0.25) is 4.90 Å². The van der Waals surface area contributed by atoms with Gasteiger partial charge in [0, 0.05) is 24.9 Å². The molecule has 0 spiro atoms. The van der Waals surface area contributed by atoms with Gasteiger partial charge in [0.2, 0.25) is 0 Å². The molecule has 0 saturated heterocycles. The number of hydrogen-bond acceptors (Lipinski definition) is 3. The molecule has 0 aliphatic carbocycles. The first kappa shape index (κ1) is 16.5. The Labute approximate surface area is 123 Å². The van der Waals surface area contributed by atoms with E-state index in [-0.39, 0.29) is 0 Å². The van der Waals surface area contributed by atoms with Crippen molar-refractivity contribution in [1.82, 2.24) is 10.2 Å². The maximum Gasteiger partial charge on any atom is 0.0234 e. The summed E-state index contributed by atoms with van der Waals surface area (Å²) in [5.41, 5.74) is 2.79. The molecule has 3 heteroatoms. The molecule has 1 aromatic carbocycles. The molecule has 1 N–H and O–H groups in total. The maximum absolute atomic E-state index is 3.38. The van der Waals surface area contributed by atoms with Crippen molar-refractivity contribution in [3.05, 3.63) is 35.4 Å². The van der Waals surface area contributed by atoms with Crippen molar-refractivity contribution in [2.24, 2.45) is 0 Å². The van der Waals surface area contributed by atoms with Gasteiger partial charge in [0.1, 0.15) is 0 Å². The third-order valence-electron chi connectivity index (χ3n) is 3.46. The van der Waals surface area contributed by atoms with E-state index >= 15 is 0 Å². The Morgan fingerprint density at radius 3 is 2.63 bits per heavy atom. The van der Waals surface area contributed by atoms with Gasteiger partial charge in [0.05, 0.1) is 0 Å². The van der Waals surface area contributed by atoms with E-state index in [1.165, 1.54) is 23.3 Å². The summed E-state index contributed by atoms with van der Waals surface area (Å²) in [5, 5.41) is 3.38. The third-order valence-corrected chi connectivity index (χ3v) is 4.17. The van der Waals surface area contributed by atoms with Crippen molar-refractivity contribution in [3.8, 4) is 0 Å². The van der Waals surface area contributed by atoms with E-state index in [4.69, 9.17) is 0 Å². The van der Waals surface area contributed by atoms with Crippen LogP contribution in [0.2, 0.25) is 0 Å². The highest BCUT2D eigenvalue weighted by Gasteiger charge is 2.12. The molecule has 2 nitrogen and oxygen atoms in total. The largest absolute Gasteiger partial charge is 0.313 e. The van der Waals surface area contributed by atoms with E-state index in [1.54, 1.807) is 0 Å². The van der Waals surface area contributed by atoms with Gasteiger partial charge in [-0.15, -0.1) is 0 Å². The summed E-state index contributed by atoms with van der Waals surface area (Å²) in [7, 11) is 2.24. The van der Waals surface area contributed by atoms with Gasteiger partial charge in [0.15, 0.2) is 0 Å². The molecule has 1 aromatic rings. The Morgan fingerprint density at radius 2 is 2.00 bits per heavy atom. The number of nitrogens with zero attached hydrogens (tertiary/aromatic N) is 1. The molecule has 0 aliphatic heterocycles. The van der Waals surface area contributed by atoms with E-state index < -0.39 is 0 Å². The van der Waals surface area contributed by atoms with Crippen molar-refractivity contribution < 1.29 is 0 Å². The van der Waals surface area contributed by atoms with Gasteiger partial charge in [-0.05, 0) is 37.4 Å². The summed E-state index contributed by atoms with van der Waals surface area (Å²) in [6, 6.07) is 9.60. The second kappa shape index (κ2) is 9.40. The number of hydrogen-bond donors (Lipinski definition) is 1. The minimum absolute atomic E-state index is 0.674. The first-order chi connectivity index (χ1) is 9.21. The van der Waals surface area contributed by atoms with Crippen LogP contribution >= 0.6 is 11.8 Å². The quantitative estimate of drug-likeness (QED) is 0.746. The highest BCUT2D eigenvalue weighted by Crippen LogP contribution is 2.13. The van der Waals surface area contributed by atoms with E-state index in [2.05, 4.69) is 61.6 Å². The summed E-state index contributed by atoms with van der Waals surface area (Å²) >= 11 is 1.94. The Kier molecular flexibility index (Phi) is 8.19. The van der Waals surface area contributed by atoms with E-state index in [0.29, 0.717) is 6.04 Å². The summed E-state index contributed by atoms with van der Waals surface area (Å²) in [4.78, 5) is 2.48. The van der Waals surface area contributed by atoms with Crippen LogP contribution in [0.15, 0.2) is 24.3 Å². The summed E-state index contributed by atoms with van der Waals surface area (Å²) in [6.07, 6.45) is 3.40. The standard InChI is InChI=1S/C16H28N2S/c1-5-16(13-19-4)18(3)12-15-9-7-8-14(10-15)11-17-6-2/h7-10,16-17H,5-6,11-13H2,1-4H3. The van der Waals surface area contributed by atoms with Gasteiger partial charge in [-0.1, -0.05) is 38.1 Å². The van der Waals surface area contributed by atoms with Crippen molar-refractivity contribution in [1.29, 1.82) is 0 Å². The molecule has 0 radical (unpaired) electrons. The van der Waals surface area contributed by atoms with Crippen LogP contribution in [0, 0.1) is 0 Å². The smallest absolute Gasteiger partial charge is 0.0234 e. The van der Waals surface area contributed by atoms with Crippen LogP contribution in [0.5, 0.6) is 0 Å². The number of nitrogens with one attached hydrogen (secondary N) is 1. The average molecular weight is 280 g/mol. The SMILES string of the molecule is CCNCc1cccc(CN(C)C(CC)CSC)c1. The molecule has 0 saturated carbocycles. The Morgan fingerprint density at radius 1 is 1.26 bits per heavy atom. The fourth-order valence-electron chi connectivity index (χ4n) is 2.27. The number of thioether (sulfide) groups is 1. The van der Waals surface area contributed by atoms with Crippen LogP contribution in [-0.4, -0.2) is 36.5 Å². The van der Waals surface area contributed by atoms with Gasteiger partial charge in [-0.25, -0.2) is 0 Å². The van der Waals surface area contributed by atoms with Gasteiger partial charge in [-0.2, -0.15) is 11.8 Å². The molecular weight excluding hydrogens is 252 g/mol. The third kappa shape index (κ3) is 5.98. The predicted molar refractivity (Wildman–Crippen MR) is 87.8 cm³/mol. The number of rotatable bonds is 9. The lowest BCUT2D eigenvalue weighted by Gasteiger charge is -2.26. The monoisotopic (exact) mass is 280 g/mol. The first-order valence-corrected chi connectivity index (χ1v) is 8.58. The molecule has 1 rings (SSSR count). The Bertz CT molecular complexity index is 354. The second-order valence-electron chi connectivity index (χ2n) is 5.03. The van der Waals surface area contributed by atoms with E-state index in [1.807, 2.05) is 11.8 Å². The number of benzene rings is 1. The van der Waals surface area contributed by atoms with Crippen LogP contribution < -0.4 is 5.32 Å². The van der Waals surface area contributed by atoms with Crippen LogP contribution in [-0.2, 0) is 13.1 Å². The van der Waals surface area contributed by atoms with Crippen LogP contribution in [0.4, 0.5) is 0 Å². The Hall–Kier alpha value is -0.510. The summed E-state index contributed by atoms with van der Waals surface area (Å²) < 4.78 is 0. The van der Waals surface area contributed by atoms with Crippen LogP contribution in [0.1, 0.15) is 31.4 Å². The van der Waals surface area contributed by atoms with Crippen LogP contribution in [0.25, 0.3) is 0 Å². The van der Waals surface area contributed by atoms with Gasteiger partial charge >= 0.3 is 0 Å². The topological polar surface area (TPSA) is 15.3 Å². The average Bonchev–Trinajstić information content (AvgIpc) is 2.42. The molecule has 1 unspecified atom stereocenters. The fraction of sp³-hybridized carbons (Fsp3) is 0.625. The normalized spacial score (nSPS) is 12.9. The molecule has 0 fully saturated rings. The van der Waals surface area contributed by atoms with Crippen molar-refractivity contribution >= 4 is 11.8 Å². The van der Waals surface area contributed by atoms with E-state index in [0.717, 1.165) is 19.6 Å². The Balaban J connectivity index is 2.59. The zero-order valence-corrected chi connectivity index (χ0v) is 13.6. The lowest BCUT2D eigenvalue weighted by Crippen LogP contribution is -2.32. The molecule has 1 atom stereocenters. The second-order valence-corrected chi connectivity index (χ2v) is 5.94. The molecular formula is C16H28N2S. The zero-order chi connectivity index (χ0) is 14.1. The molecule has 0 amide bonds. The van der Waals surface area contributed by atoms with Crippen LogP contribution in [0.3, 0.4) is 0 Å². The molecule has 108 valence electrons. The first-order valence-electron chi connectivity index (χ1n) is 7.18. The molecule has 0 aliphatic rings. The predicted octanol–water partition coefficient (Wildman–Crippen LogP) is 3.37. The van der Waals surface area contributed by atoms with Gasteiger partial charge in [0.25, 0.3) is 0 Å². The fourth-order valence-corrected chi connectivity index (χ4v) is 3.15. The summed E-state index contributed by atoms with van der Waals surface area (Å²) in [5.74, 6) is 1.21. The maximum atomic E-state index is 3.38. The van der Waals surface area contributed by atoms with Crippen molar-refractivity contribution in [3.63, 3.8) is 0 Å². The zero-order valence-electron chi connectivity index (χ0n) is 12.8. The van der Waals surface area contributed by atoms with Crippen molar-refractivity contribution in [2.75, 3.05) is 25.6 Å². The van der Waals surface area contributed by atoms with Crippen molar-refractivity contribution in [2.45, 2.75) is 39.4 Å². The molecule has 19 heavy (non-hydrogen) atoms. The highest BCUT2D eigenvalue weighted by molar-refractivity contribution is 7.98.